The van der Waals surface area contributed by atoms with Crippen LogP contribution in [-0.4, -0.2) is 35.8 Å². The Morgan fingerprint density at radius 3 is 2.59 bits per heavy atom. The average Bonchev–Trinajstić information content (AvgIpc) is 3.13. The van der Waals surface area contributed by atoms with E-state index >= 15 is 0 Å². The molecule has 1 fully saturated rings. The van der Waals surface area contributed by atoms with E-state index in [1.807, 2.05) is 30.3 Å². The lowest BCUT2D eigenvalue weighted by Crippen LogP contribution is -2.45. The molecule has 2 aromatic rings. The third-order valence-corrected chi connectivity index (χ3v) is 5.87. The van der Waals surface area contributed by atoms with Crippen LogP contribution in [0.15, 0.2) is 53.0 Å². The van der Waals surface area contributed by atoms with Crippen LogP contribution in [0.4, 0.5) is 0 Å². The summed E-state index contributed by atoms with van der Waals surface area (Å²) in [5, 5.41) is 0. The van der Waals surface area contributed by atoms with E-state index in [4.69, 9.17) is 4.74 Å². The lowest BCUT2D eigenvalue weighted by atomic mass is 10.1. The molecule has 0 spiro atoms. The second-order valence-corrected chi connectivity index (χ2v) is 9.13. The summed E-state index contributed by atoms with van der Waals surface area (Å²) in [5.74, 6) is -0.197. The maximum atomic E-state index is 12.5. The van der Waals surface area contributed by atoms with Gasteiger partial charge in [0.05, 0.1) is 17.0 Å². The molecule has 2 aromatic carbocycles. The highest BCUT2D eigenvalue weighted by molar-refractivity contribution is 9.10. The van der Waals surface area contributed by atoms with E-state index in [0.29, 0.717) is 41.4 Å². The number of hydrogen-bond acceptors (Lipinski definition) is 4. The molecule has 8 heteroatoms. The summed E-state index contributed by atoms with van der Waals surface area (Å²) in [6.45, 7) is 5.64. The predicted molar refractivity (Wildman–Crippen MR) is 125 cm³/mol. The first-order chi connectivity index (χ1) is 15.3. The monoisotopic (exact) mass is 501 g/mol. The van der Waals surface area contributed by atoms with Gasteiger partial charge in [-0.2, -0.15) is 0 Å². The topological polar surface area (TPSA) is 87.7 Å². The van der Waals surface area contributed by atoms with Crippen LogP contribution in [0.5, 0.6) is 5.75 Å². The minimum Gasteiger partial charge on any atom is -0.492 e. The maximum absolute atomic E-state index is 12.5. The van der Waals surface area contributed by atoms with E-state index in [2.05, 4.69) is 40.6 Å². The second kappa shape index (κ2) is 11.1. The van der Waals surface area contributed by atoms with Crippen LogP contribution < -0.4 is 15.6 Å². The van der Waals surface area contributed by atoms with Crippen LogP contribution in [0.3, 0.4) is 0 Å². The van der Waals surface area contributed by atoms with Gasteiger partial charge < -0.3 is 9.64 Å². The summed E-state index contributed by atoms with van der Waals surface area (Å²) < 4.78 is 6.39. The first-order valence-electron chi connectivity index (χ1n) is 10.7. The highest BCUT2D eigenvalue weighted by atomic mass is 79.9. The van der Waals surface area contributed by atoms with Crippen molar-refractivity contribution in [1.82, 2.24) is 15.8 Å². The molecule has 32 heavy (non-hydrogen) atoms. The van der Waals surface area contributed by atoms with E-state index in [9.17, 15) is 14.4 Å². The Morgan fingerprint density at radius 2 is 1.91 bits per heavy atom. The van der Waals surface area contributed by atoms with Gasteiger partial charge in [0.25, 0.3) is 5.91 Å². The average molecular weight is 502 g/mol. The highest BCUT2D eigenvalue weighted by Gasteiger charge is 2.34. The summed E-state index contributed by atoms with van der Waals surface area (Å²) in [7, 11) is 0. The number of nitrogens with zero attached hydrogens (tertiary/aromatic N) is 1. The van der Waals surface area contributed by atoms with Crippen molar-refractivity contribution in [3.05, 3.63) is 64.1 Å². The van der Waals surface area contributed by atoms with Gasteiger partial charge in [-0.05, 0) is 52.0 Å². The molecule has 3 rings (SSSR count). The van der Waals surface area contributed by atoms with Crippen LogP contribution in [-0.2, 0) is 16.1 Å². The SMILES string of the molecule is CC(C)CCOc1ccc(C(=O)NNC(=O)C2CC(=O)N(Cc3ccccc3)C2)cc1Br. The molecule has 1 aliphatic rings. The highest BCUT2D eigenvalue weighted by Crippen LogP contribution is 2.26. The fourth-order valence-corrected chi connectivity index (χ4v) is 3.85. The molecule has 0 aliphatic carbocycles. The van der Waals surface area contributed by atoms with Crippen molar-refractivity contribution in [2.75, 3.05) is 13.2 Å². The molecule has 2 N–H and O–H groups in total. The molecule has 1 saturated heterocycles. The lowest BCUT2D eigenvalue weighted by Gasteiger charge is -2.17. The number of hydrogen-bond donors (Lipinski definition) is 2. The minimum absolute atomic E-state index is 0.0719. The maximum Gasteiger partial charge on any atom is 0.269 e. The summed E-state index contributed by atoms with van der Waals surface area (Å²) >= 11 is 3.42. The van der Waals surface area contributed by atoms with Gasteiger partial charge in [-0.3, -0.25) is 25.2 Å². The standard InChI is InChI=1S/C24H28BrN3O4/c1-16(2)10-11-32-21-9-8-18(12-20(21)25)23(30)26-27-24(31)19-13-22(29)28(15-19)14-17-6-4-3-5-7-17/h3-9,12,16,19H,10-11,13-15H2,1-2H3,(H,26,30)(H,27,31). The Bertz CT molecular complexity index is 965. The Kier molecular flexibility index (Phi) is 8.27. The second-order valence-electron chi connectivity index (χ2n) is 8.28. The number of carbonyl (C=O) groups excluding carboxylic acids is 3. The van der Waals surface area contributed by atoms with Crippen molar-refractivity contribution < 1.29 is 19.1 Å². The van der Waals surface area contributed by atoms with Crippen molar-refractivity contribution in [2.24, 2.45) is 11.8 Å². The minimum atomic E-state index is -0.505. The molecule has 1 heterocycles. The predicted octanol–water partition coefficient (Wildman–Crippen LogP) is 3.68. The largest absolute Gasteiger partial charge is 0.492 e. The molecule has 170 valence electrons. The van der Waals surface area contributed by atoms with Gasteiger partial charge in [0.15, 0.2) is 0 Å². The molecule has 0 bridgehead atoms. The van der Waals surface area contributed by atoms with Crippen molar-refractivity contribution in [3.8, 4) is 5.75 Å². The first-order valence-corrected chi connectivity index (χ1v) is 11.5. The first kappa shape index (κ1) is 23.8. The Hall–Kier alpha value is -2.87. The van der Waals surface area contributed by atoms with Crippen molar-refractivity contribution in [3.63, 3.8) is 0 Å². The van der Waals surface area contributed by atoms with E-state index in [1.54, 1.807) is 23.1 Å². The van der Waals surface area contributed by atoms with Crippen LogP contribution in [0, 0.1) is 11.8 Å². The van der Waals surface area contributed by atoms with Crippen molar-refractivity contribution >= 4 is 33.7 Å². The quantitative estimate of drug-likeness (QED) is 0.540. The van der Waals surface area contributed by atoms with Gasteiger partial charge in [-0.1, -0.05) is 44.2 Å². The number of halogens is 1. The van der Waals surface area contributed by atoms with E-state index in [0.717, 1.165) is 12.0 Å². The third kappa shape index (κ3) is 6.56. The summed E-state index contributed by atoms with van der Waals surface area (Å²) in [5.41, 5.74) is 6.26. The van der Waals surface area contributed by atoms with Crippen LogP contribution in [0.25, 0.3) is 0 Å². The Balaban J connectivity index is 1.48. The zero-order chi connectivity index (χ0) is 23.1. The molecular formula is C24H28BrN3O4. The molecule has 3 amide bonds. The summed E-state index contributed by atoms with van der Waals surface area (Å²) in [6.07, 6.45) is 1.07. The summed E-state index contributed by atoms with van der Waals surface area (Å²) in [6, 6.07) is 14.6. The molecule has 1 unspecified atom stereocenters. The van der Waals surface area contributed by atoms with Gasteiger partial charge in [-0.25, -0.2) is 0 Å². The number of rotatable bonds is 8. The zero-order valence-corrected chi connectivity index (χ0v) is 19.9. The number of carbonyl (C=O) groups is 3. The summed E-state index contributed by atoms with van der Waals surface area (Å²) in [4.78, 5) is 38.9. The van der Waals surface area contributed by atoms with E-state index in [1.165, 1.54) is 0 Å². The molecule has 0 aromatic heterocycles. The van der Waals surface area contributed by atoms with Crippen LogP contribution in [0.2, 0.25) is 0 Å². The number of benzene rings is 2. The van der Waals surface area contributed by atoms with Gasteiger partial charge in [0.2, 0.25) is 11.8 Å². The van der Waals surface area contributed by atoms with Crippen molar-refractivity contribution in [2.45, 2.75) is 33.2 Å². The van der Waals surface area contributed by atoms with Crippen LogP contribution in [0.1, 0.15) is 42.6 Å². The van der Waals surface area contributed by atoms with Crippen molar-refractivity contribution in [1.29, 1.82) is 0 Å². The number of nitrogens with one attached hydrogen (secondary N) is 2. The van der Waals surface area contributed by atoms with Gasteiger partial charge in [0.1, 0.15) is 5.75 Å². The molecular weight excluding hydrogens is 474 g/mol. The van der Waals surface area contributed by atoms with E-state index < -0.39 is 11.8 Å². The molecule has 0 saturated carbocycles. The number of hydrazine groups is 1. The van der Waals surface area contributed by atoms with Crippen LogP contribution >= 0.6 is 15.9 Å². The van der Waals surface area contributed by atoms with Gasteiger partial charge >= 0.3 is 0 Å². The fraction of sp³-hybridized carbons (Fsp3) is 0.375. The molecule has 7 nitrogen and oxygen atoms in total. The zero-order valence-electron chi connectivity index (χ0n) is 18.3. The number of ether oxygens (including phenoxy) is 1. The Labute approximate surface area is 196 Å². The molecule has 1 aliphatic heterocycles. The lowest BCUT2D eigenvalue weighted by molar-refractivity contribution is -0.129. The smallest absolute Gasteiger partial charge is 0.269 e. The van der Waals surface area contributed by atoms with E-state index in [-0.39, 0.29) is 18.2 Å². The third-order valence-electron chi connectivity index (χ3n) is 5.25. The molecule has 1 atom stereocenters. The number of amides is 3. The normalized spacial score (nSPS) is 15.7. The number of likely N-dealkylation sites (tertiary alicyclic amines) is 1. The van der Waals surface area contributed by atoms with Gasteiger partial charge in [0, 0.05) is 25.1 Å². The van der Waals surface area contributed by atoms with Gasteiger partial charge in [-0.15, -0.1) is 0 Å². The molecule has 0 radical (unpaired) electrons. The fourth-order valence-electron chi connectivity index (χ4n) is 3.36. The Morgan fingerprint density at radius 1 is 1.16 bits per heavy atom.